The third-order valence-electron chi connectivity index (χ3n) is 5.80. The number of imide groups is 1. The molecule has 1 N–H and O–H groups in total. The Balaban J connectivity index is 1.73. The SMILES string of the molecule is COc1ccc(C)cc1N1C(=O)CC(N(NC(=O)c2cccc(Cl)c2)C(=O)c2cccc(C)c2)C1=O. The summed E-state index contributed by atoms with van der Waals surface area (Å²) in [6, 6.07) is 16.8. The highest BCUT2D eigenvalue weighted by atomic mass is 35.5. The molecule has 0 bridgehead atoms. The van der Waals surface area contributed by atoms with Gasteiger partial charge in [0.05, 0.1) is 19.2 Å². The molecule has 0 aromatic heterocycles. The first-order chi connectivity index (χ1) is 17.2. The van der Waals surface area contributed by atoms with Gasteiger partial charge in [-0.15, -0.1) is 0 Å². The first-order valence-corrected chi connectivity index (χ1v) is 11.6. The summed E-state index contributed by atoms with van der Waals surface area (Å²) in [6.45, 7) is 3.64. The van der Waals surface area contributed by atoms with Crippen molar-refractivity contribution in [1.29, 1.82) is 0 Å². The summed E-state index contributed by atoms with van der Waals surface area (Å²) in [5.74, 6) is -2.12. The van der Waals surface area contributed by atoms with Crippen LogP contribution in [0.1, 0.15) is 38.3 Å². The zero-order chi connectivity index (χ0) is 26.0. The van der Waals surface area contributed by atoms with E-state index in [0.717, 1.165) is 21.0 Å². The number of ether oxygens (including phenoxy) is 1. The fourth-order valence-corrected chi connectivity index (χ4v) is 4.23. The van der Waals surface area contributed by atoms with Gasteiger partial charge < -0.3 is 4.74 Å². The third-order valence-corrected chi connectivity index (χ3v) is 6.04. The molecule has 8 nitrogen and oxygen atoms in total. The maximum atomic E-state index is 13.6. The van der Waals surface area contributed by atoms with Crippen molar-refractivity contribution in [3.05, 3.63) is 94.0 Å². The van der Waals surface area contributed by atoms with Crippen molar-refractivity contribution in [2.45, 2.75) is 26.3 Å². The van der Waals surface area contributed by atoms with Crippen LogP contribution in [0, 0.1) is 13.8 Å². The fraction of sp³-hybridized carbons (Fsp3) is 0.185. The van der Waals surface area contributed by atoms with E-state index in [0.29, 0.717) is 10.8 Å². The van der Waals surface area contributed by atoms with Crippen LogP contribution >= 0.6 is 11.6 Å². The number of amides is 4. The highest BCUT2D eigenvalue weighted by Crippen LogP contribution is 2.34. The number of nitrogens with zero attached hydrogens (tertiary/aromatic N) is 2. The van der Waals surface area contributed by atoms with Crippen LogP contribution in [0.4, 0.5) is 5.69 Å². The van der Waals surface area contributed by atoms with Gasteiger partial charge in [0.2, 0.25) is 5.91 Å². The molecule has 4 amide bonds. The molecule has 1 fully saturated rings. The number of hydrogen-bond acceptors (Lipinski definition) is 5. The van der Waals surface area contributed by atoms with Gasteiger partial charge in [0, 0.05) is 16.1 Å². The topological polar surface area (TPSA) is 96.0 Å². The molecule has 0 saturated carbocycles. The number of carbonyl (C=O) groups excluding carboxylic acids is 4. The van der Waals surface area contributed by atoms with Gasteiger partial charge in [-0.3, -0.25) is 24.6 Å². The largest absolute Gasteiger partial charge is 0.495 e. The molecule has 1 saturated heterocycles. The van der Waals surface area contributed by atoms with Crippen LogP contribution in [-0.2, 0) is 9.59 Å². The maximum absolute atomic E-state index is 13.6. The second kappa shape index (κ2) is 10.2. The molecular formula is C27H24ClN3O5. The highest BCUT2D eigenvalue weighted by molar-refractivity contribution is 6.31. The molecule has 0 radical (unpaired) electrons. The first-order valence-electron chi connectivity index (χ1n) is 11.2. The van der Waals surface area contributed by atoms with Crippen molar-refractivity contribution in [3.63, 3.8) is 0 Å². The van der Waals surface area contributed by atoms with Crippen LogP contribution in [0.2, 0.25) is 5.02 Å². The summed E-state index contributed by atoms with van der Waals surface area (Å²) < 4.78 is 5.36. The van der Waals surface area contributed by atoms with Crippen molar-refractivity contribution in [2.75, 3.05) is 12.0 Å². The second-order valence-electron chi connectivity index (χ2n) is 8.46. The van der Waals surface area contributed by atoms with Gasteiger partial charge in [-0.2, -0.15) is 0 Å². The normalized spacial score (nSPS) is 15.1. The van der Waals surface area contributed by atoms with E-state index in [2.05, 4.69) is 5.43 Å². The summed E-state index contributed by atoms with van der Waals surface area (Å²) in [6.07, 6.45) is -0.316. The Labute approximate surface area is 213 Å². The third kappa shape index (κ3) is 4.94. The molecule has 3 aromatic rings. The average Bonchev–Trinajstić information content (AvgIpc) is 3.15. The minimum Gasteiger partial charge on any atom is -0.495 e. The van der Waals surface area contributed by atoms with Gasteiger partial charge >= 0.3 is 0 Å². The van der Waals surface area contributed by atoms with E-state index in [1.807, 2.05) is 19.9 Å². The van der Waals surface area contributed by atoms with Crippen molar-refractivity contribution >= 4 is 40.9 Å². The number of rotatable bonds is 5. The van der Waals surface area contributed by atoms with E-state index in [4.69, 9.17) is 16.3 Å². The highest BCUT2D eigenvalue weighted by Gasteiger charge is 2.46. The molecule has 1 aliphatic heterocycles. The van der Waals surface area contributed by atoms with E-state index < -0.39 is 29.7 Å². The van der Waals surface area contributed by atoms with Gasteiger partial charge in [-0.25, -0.2) is 9.91 Å². The van der Waals surface area contributed by atoms with E-state index in [-0.39, 0.29) is 23.2 Å². The molecular weight excluding hydrogens is 482 g/mol. The summed E-state index contributed by atoms with van der Waals surface area (Å²) in [4.78, 5) is 54.3. The first kappa shape index (κ1) is 24.9. The molecule has 36 heavy (non-hydrogen) atoms. The van der Waals surface area contributed by atoms with E-state index in [1.165, 1.54) is 19.2 Å². The quantitative estimate of drug-likeness (QED) is 0.416. The van der Waals surface area contributed by atoms with Crippen LogP contribution in [-0.4, -0.2) is 41.8 Å². The van der Waals surface area contributed by atoms with Crippen LogP contribution in [0.15, 0.2) is 66.7 Å². The van der Waals surface area contributed by atoms with Crippen molar-refractivity contribution in [1.82, 2.24) is 10.4 Å². The molecule has 1 atom stereocenters. The maximum Gasteiger partial charge on any atom is 0.273 e. The Kier molecular flexibility index (Phi) is 7.07. The summed E-state index contributed by atoms with van der Waals surface area (Å²) >= 11 is 6.02. The Bertz CT molecular complexity index is 1370. The van der Waals surface area contributed by atoms with Gasteiger partial charge in [-0.1, -0.05) is 41.4 Å². The standard InChI is InChI=1S/C27H24ClN3O5/c1-16-6-4-8-19(12-16)26(34)31(29-25(33)18-7-5-9-20(28)14-18)22-15-24(32)30(27(22)35)21-13-17(2)10-11-23(21)36-3/h4-14,22H,15H2,1-3H3,(H,29,33). The molecule has 9 heteroatoms. The lowest BCUT2D eigenvalue weighted by Gasteiger charge is -2.28. The molecule has 0 spiro atoms. The predicted octanol–water partition coefficient (Wildman–Crippen LogP) is 4.08. The molecule has 184 valence electrons. The number of aryl methyl sites for hydroxylation is 2. The lowest BCUT2D eigenvalue weighted by molar-refractivity contribution is -0.122. The van der Waals surface area contributed by atoms with Crippen molar-refractivity contribution < 1.29 is 23.9 Å². The Morgan fingerprint density at radius 2 is 1.67 bits per heavy atom. The van der Waals surface area contributed by atoms with Crippen molar-refractivity contribution in [3.8, 4) is 5.75 Å². The molecule has 0 aliphatic carbocycles. The monoisotopic (exact) mass is 505 g/mol. The number of methoxy groups -OCH3 is 1. The number of hydrogen-bond donors (Lipinski definition) is 1. The number of halogens is 1. The Morgan fingerprint density at radius 3 is 2.36 bits per heavy atom. The molecule has 1 aliphatic rings. The van der Waals surface area contributed by atoms with E-state index >= 15 is 0 Å². The number of nitrogens with one attached hydrogen (secondary N) is 1. The lowest BCUT2D eigenvalue weighted by Crippen LogP contribution is -2.54. The molecule has 3 aromatic carbocycles. The zero-order valence-electron chi connectivity index (χ0n) is 19.9. The predicted molar refractivity (Wildman–Crippen MR) is 135 cm³/mol. The van der Waals surface area contributed by atoms with Gasteiger partial charge in [0.1, 0.15) is 11.8 Å². The fourth-order valence-electron chi connectivity index (χ4n) is 4.04. The Hall–Kier alpha value is -4.17. The number of hydrazine groups is 1. The average molecular weight is 506 g/mol. The Morgan fingerprint density at radius 1 is 0.972 bits per heavy atom. The van der Waals surface area contributed by atoms with E-state index in [1.54, 1.807) is 48.5 Å². The van der Waals surface area contributed by atoms with Crippen molar-refractivity contribution in [2.24, 2.45) is 0 Å². The number of benzene rings is 3. The van der Waals surface area contributed by atoms with Crippen LogP contribution in [0.25, 0.3) is 0 Å². The summed E-state index contributed by atoms with van der Waals surface area (Å²) in [7, 11) is 1.44. The minimum absolute atomic E-state index is 0.193. The van der Waals surface area contributed by atoms with Gasteiger partial charge in [0.15, 0.2) is 0 Å². The van der Waals surface area contributed by atoms with Crippen LogP contribution < -0.4 is 15.1 Å². The number of carbonyl (C=O) groups is 4. The minimum atomic E-state index is -1.26. The van der Waals surface area contributed by atoms with Gasteiger partial charge in [-0.05, 0) is 61.9 Å². The smallest absolute Gasteiger partial charge is 0.273 e. The van der Waals surface area contributed by atoms with Crippen LogP contribution in [0.5, 0.6) is 5.75 Å². The second-order valence-corrected chi connectivity index (χ2v) is 8.89. The zero-order valence-corrected chi connectivity index (χ0v) is 20.7. The lowest BCUT2D eigenvalue weighted by atomic mass is 10.1. The van der Waals surface area contributed by atoms with Gasteiger partial charge in [0.25, 0.3) is 17.7 Å². The van der Waals surface area contributed by atoms with E-state index in [9.17, 15) is 19.2 Å². The molecule has 4 rings (SSSR count). The summed E-state index contributed by atoms with van der Waals surface area (Å²) in [5, 5.41) is 1.27. The molecule has 1 unspecified atom stereocenters. The number of anilines is 1. The summed E-state index contributed by atoms with van der Waals surface area (Å²) in [5.41, 5.74) is 4.90. The molecule has 1 heterocycles. The van der Waals surface area contributed by atoms with Crippen LogP contribution in [0.3, 0.4) is 0 Å².